The lowest BCUT2D eigenvalue weighted by Crippen LogP contribution is -2.13. The van der Waals surface area contributed by atoms with Gasteiger partial charge in [-0.3, -0.25) is 4.40 Å². The smallest absolute Gasteiger partial charge is 0.257 e. The second-order valence-electron chi connectivity index (χ2n) is 6.03. The minimum atomic E-state index is 0.598. The summed E-state index contributed by atoms with van der Waals surface area (Å²) < 4.78 is 1.93. The van der Waals surface area contributed by atoms with E-state index in [1.54, 1.807) is 6.33 Å². The number of hydrogen-bond acceptors (Lipinski definition) is 4. The highest BCUT2D eigenvalue weighted by Gasteiger charge is 2.15. The minimum Gasteiger partial charge on any atom is -0.329 e. The Morgan fingerprint density at radius 3 is 2.68 bits per heavy atom. The number of benzene rings is 2. The van der Waals surface area contributed by atoms with Crippen LogP contribution in [0.1, 0.15) is 19.4 Å². The Morgan fingerprint density at radius 2 is 1.92 bits per heavy atom. The normalized spacial score (nSPS) is 12.0. The maximum absolute atomic E-state index is 4.74. The lowest BCUT2D eigenvalue weighted by Gasteiger charge is -2.20. The molecule has 0 atom stereocenters. The summed E-state index contributed by atoms with van der Waals surface area (Å²) >= 11 is 0. The van der Waals surface area contributed by atoms with E-state index < -0.39 is 0 Å². The predicted molar refractivity (Wildman–Crippen MR) is 102 cm³/mol. The lowest BCUT2D eigenvalue weighted by atomic mass is 10.0. The van der Waals surface area contributed by atoms with Gasteiger partial charge in [0.1, 0.15) is 12.1 Å². The van der Waals surface area contributed by atoms with Crippen LogP contribution in [0.25, 0.3) is 22.3 Å². The standard InChI is InChI=1S/C20H19N5/c1-4-14(2)15-10-11-17-18(12-15)25-13-21-23-20(25)22-19(17)24(3)16-8-6-5-7-9-16/h4-13H,1-3H3/b14-4+. The van der Waals surface area contributed by atoms with E-state index >= 15 is 0 Å². The first kappa shape index (κ1) is 15.3. The zero-order chi connectivity index (χ0) is 17.4. The topological polar surface area (TPSA) is 46.3 Å². The molecule has 0 N–H and O–H groups in total. The van der Waals surface area contributed by atoms with Crippen LogP contribution in [0.2, 0.25) is 0 Å². The van der Waals surface area contributed by atoms with Crippen molar-refractivity contribution in [1.82, 2.24) is 19.6 Å². The van der Waals surface area contributed by atoms with Gasteiger partial charge in [-0.15, -0.1) is 10.2 Å². The van der Waals surface area contributed by atoms with Crippen molar-refractivity contribution in [1.29, 1.82) is 0 Å². The van der Waals surface area contributed by atoms with E-state index in [0.29, 0.717) is 5.78 Å². The van der Waals surface area contributed by atoms with Crippen LogP contribution in [-0.4, -0.2) is 26.6 Å². The van der Waals surface area contributed by atoms with Gasteiger partial charge in [-0.1, -0.05) is 30.3 Å². The molecule has 5 heteroatoms. The summed E-state index contributed by atoms with van der Waals surface area (Å²) in [4.78, 5) is 6.82. The minimum absolute atomic E-state index is 0.598. The molecular formula is C20H19N5. The molecule has 2 aromatic carbocycles. The first-order chi connectivity index (χ1) is 12.2. The molecule has 0 aliphatic carbocycles. The highest BCUT2D eigenvalue weighted by molar-refractivity contribution is 5.95. The fraction of sp³-hybridized carbons (Fsp3) is 0.150. The largest absolute Gasteiger partial charge is 0.329 e. The molecule has 4 aromatic rings. The Labute approximate surface area is 146 Å². The van der Waals surface area contributed by atoms with Crippen LogP contribution in [0.4, 0.5) is 11.5 Å². The van der Waals surface area contributed by atoms with E-state index in [1.165, 1.54) is 11.1 Å². The predicted octanol–water partition coefficient (Wildman–Crippen LogP) is 4.47. The number of fused-ring (bicyclic) bond motifs is 3. The van der Waals surface area contributed by atoms with Crippen molar-refractivity contribution in [2.75, 3.05) is 11.9 Å². The number of aromatic nitrogens is 4. The van der Waals surface area contributed by atoms with Gasteiger partial charge in [0.2, 0.25) is 0 Å². The Morgan fingerprint density at radius 1 is 1.12 bits per heavy atom. The Kier molecular flexibility index (Phi) is 3.69. The second kappa shape index (κ2) is 6.02. The summed E-state index contributed by atoms with van der Waals surface area (Å²) in [5, 5.41) is 9.26. The third kappa shape index (κ3) is 2.54. The zero-order valence-corrected chi connectivity index (χ0v) is 14.5. The molecule has 0 fully saturated rings. The molecule has 0 aliphatic rings. The third-order valence-electron chi connectivity index (χ3n) is 4.58. The molecular weight excluding hydrogens is 310 g/mol. The van der Waals surface area contributed by atoms with Crippen LogP contribution in [0.3, 0.4) is 0 Å². The fourth-order valence-electron chi connectivity index (χ4n) is 2.99. The Balaban J connectivity index is 2.00. The average molecular weight is 329 g/mol. The summed E-state index contributed by atoms with van der Waals surface area (Å²) in [6.07, 6.45) is 3.83. The van der Waals surface area contributed by atoms with Gasteiger partial charge >= 0.3 is 0 Å². The van der Waals surface area contributed by atoms with E-state index in [4.69, 9.17) is 4.98 Å². The van der Waals surface area contributed by atoms with Crippen LogP contribution >= 0.6 is 0 Å². The van der Waals surface area contributed by atoms with E-state index in [2.05, 4.69) is 65.4 Å². The number of rotatable bonds is 3. The van der Waals surface area contributed by atoms with Crippen molar-refractivity contribution in [3.8, 4) is 0 Å². The maximum Gasteiger partial charge on any atom is 0.257 e. The average Bonchev–Trinajstić information content (AvgIpc) is 3.15. The fourth-order valence-corrected chi connectivity index (χ4v) is 2.99. The molecule has 124 valence electrons. The van der Waals surface area contributed by atoms with Gasteiger partial charge in [0.05, 0.1) is 5.52 Å². The van der Waals surface area contributed by atoms with Crippen molar-refractivity contribution in [2.45, 2.75) is 13.8 Å². The highest BCUT2D eigenvalue weighted by atomic mass is 15.3. The van der Waals surface area contributed by atoms with Crippen LogP contribution < -0.4 is 4.90 Å². The van der Waals surface area contributed by atoms with Crippen LogP contribution in [-0.2, 0) is 0 Å². The Bertz CT molecular complexity index is 1080. The molecule has 0 amide bonds. The molecule has 0 aliphatic heterocycles. The monoisotopic (exact) mass is 329 g/mol. The summed E-state index contributed by atoms with van der Waals surface area (Å²) in [5.41, 5.74) is 4.54. The molecule has 0 saturated carbocycles. The number of anilines is 2. The van der Waals surface area contributed by atoms with Gasteiger partial charge in [-0.2, -0.15) is 4.98 Å². The second-order valence-corrected chi connectivity index (χ2v) is 6.03. The van der Waals surface area contributed by atoms with Crippen molar-refractivity contribution in [3.05, 3.63) is 66.5 Å². The summed E-state index contributed by atoms with van der Waals surface area (Å²) in [6, 6.07) is 16.6. The molecule has 0 spiro atoms. The highest BCUT2D eigenvalue weighted by Crippen LogP contribution is 2.31. The van der Waals surface area contributed by atoms with Crippen molar-refractivity contribution in [2.24, 2.45) is 0 Å². The van der Waals surface area contributed by atoms with Crippen molar-refractivity contribution in [3.63, 3.8) is 0 Å². The number of allylic oxidation sites excluding steroid dienone is 2. The first-order valence-corrected chi connectivity index (χ1v) is 8.24. The van der Waals surface area contributed by atoms with E-state index in [9.17, 15) is 0 Å². The molecule has 0 radical (unpaired) electrons. The molecule has 25 heavy (non-hydrogen) atoms. The van der Waals surface area contributed by atoms with Gasteiger partial charge in [-0.25, -0.2) is 0 Å². The van der Waals surface area contributed by atoms with Crippen molar-refractivity contribution >= 4 is 33.8 Å². The van der Waals surface area contributed by atoms with Crippen LogP contribution in [0, 0.1) is 0 Å². The van der Waals surface area contributed by atoms with Crippen molar-refractivity contribution < 1.29 is 0 Å². The molecule has 2 aromatic heterocycles. The Hall–Kier alpha value is -3.21. The summed E-state index contributed by atoms with van der Waals surface area (Å²) in [6.45, 7) is 4.16. The number of nitrogens with zero attached hydrogens (tertiary/aromatic N) is 5. The zero-order valence-electron chi connectivity index (χ0n) is 14.5. The van der Waals surface area contributed by atoms with Gasteiger partial charge in [0.25, 0.3) is 5.78 Å². The third-order valence-corrected chi connectivity index (χ3v) is 4.58. The van der Waals surface area contributed by atoms with Gasteiger partial charge in [0, 0.05) is 18.1 Å². The van der Waals surface area contributed by atoms with Crippen LogP contribution in [0.5, 0.6) is 0 Å². The van der Waals surface area contributed by atoms with Gasteiger partial charge in [0.15, 0.2) is 0 Å². The first-order valence-electron chi connectivity index (χ1n) is 8.24. The maximum atomic E-state index is 4.74. The SMILES string of the molecule is C/C=C(\C)c1ccc2c(N(C)c3ccccc3)nc3nncn3c2c1. The van der Waals surface area contributed by atoms with E-state index in [1.807, 2.05) is 29.6 Å². The molecule has 2 heterocycles. The van der Waals surface area contributed by atoms with Gasteiger partial charge in [-0.05, 0) is 49.2 Å². The summed E-state index contributed by atoms with van der Waals surface area (Å²) in [5.74, 6) is 1.46. The van der Waals surface area contributed by atoms with E-state index in [-0.39, 0.29) is 0 Å². The molecule has 0 saturated heterocycles. The number of hydrogen-bond donors (Lipinski definition) is 0. The van der Waals surface area contributed by atoms with E-state index in [0.717, 1.165) is 22.4 Å². The molecule has 4 rings (SSSR count). The van der Waals surface area contributed by atoms with Gasteiger partial charge < -0.3 is 4.90 Å². The summed E-state index contributed by atoms with van der Waals surface area (Å²) in [7, 11) is 2.02. The quantitative estimate of drug-likeness (QED) is 0.556. The lowest BCUT2D eigenvalue weighted by molar-refractivity contribution is 1.08. The molecule has 5 nitrogen and oxygen atoms in total. The number of para-hydroxylation sites is 1. The molecule has 0 bridgehead atoms. The van der Waals surface area contributed by atoms with Crippen LogP contribution in [0.15, 0.2) is 60.9 Å². The molecule has 0 unspecified atom stereocenters.